The molecule has 0 atom stereocenters. The Bertz CT molecular complexity index is 698. The number of hydrogen-bond acceptors (Lipinski definition) is 7. The van der Waals surface area contributed by atoms with Gasteiger partial charge in [-0.05, 0) is 28.6 Å². The minimum Gasteiger partial charge on any atom is -0.255 e. The molecule has 0 fully saturated rings. The molecule has 3 heterocycles. The molecule has 3 aromatic heterocycles. The van der Waals surface area contributed by atoms with E-state index < -0.39 is 0 Å². The third-order valence-corrected chi connectivity index (χ3v) is 3.46. The SMILES string of the molecule is Cn1nnnc1CSc1nccc(-c2ccccn2)n1. The summed E-state index contributed by atoms with van der Waals surface area (Å²) in [7, 11) is 1.81. The van der Waals surface area contributed by atoms with Crippen LogP contribution in [0, 0.1) is 0 Å². The molecule has 7 nitrogen and oxygen atoms in total. The minimum atomic E-state index is 0.620. The third kappa shape index (κ3) is 2.80. The Balaban J connectivity index is 1.77. The summed E-state index contributed by atoms with van der Waals surface area (Å²) >= 11 is 1.49. The van der Waals surface area contributed by atoms with Crippen LogP contribution in [0.1, 0.15) is 5.82 Å². The van der Waals surface area contributed by atoms with Crippen molar-refractivity contribution >= 4 is 11.8 Å². The van der Waals surface area contributed by atoms with E-state index in [0.29, 0.717) is 10.9 Å². The van der Waals surface area contributed by atoms with Gasteiger partial charge in [-0.2, -0.15) is 0 Å². The zero-order chi connectivity index (χ0) is 13.8. The van der Waals surface area contributed by atoms with Crippen LogP contribution in [0.5, 0.6) is 0 Å². The molecular weight excluding hydrogens is 274 g/mol. The van der Waals surface area contributed by atoms with Crippen molar-refractivity contribution in [2.75, 3.05) is 0 Å². The Hall–Kier alpha value is -2.35. The predicted molar refractivity (Wildman–Crippen MR) is 73.6 cm³/mol. The second kappa shape index (κ2) is 5.74. The molecule has 3 aromatic rings. The van der Waals surface area contributed by atoms with Gasteiger partial charge in [0.2, 0.25) is 0 Å². The summed E-state index contributed by atoms with van der Waals surface area (Å²) < 4.78 is 1.63. The highest BCUT2D eigenvalue weighted by Gasteiger charge is 2.07. The predicted octanol–water partition coefficient (Wildman–Crippen LogP) is 1.35. The lowest BCUT2D eigenvalue weighted by Gasteiger charge is -2.02. The van der Waals surface area contributed by atoms with Gasteiger partial charge in [0.15, 0.2) is 11.0 Å². The van der Waals surface area contributed by atoms with E-state index in [-0.39, 0.29) is 0 Å². The lowest BCUT2D eigenvalue weighted by atomic mass is 10.3. The van der Waals surface area contributed by atoms with Gasteiger partial charge in [-0.25, -0.2) is 14.6 Å². The van der Waals surface area contributed by atoms with Gasteiger partial charge in [0.05, 0.1) is 17.1 Å². The number of aromatic nitrogens is 7. The van der Waals surface area contributed by atoms with E-state index in [1.54, 1.807) is 24.1 Å². The Morgan fingerprint density at radius 2 is 2.05 bits per heavy atom. The molecule has 0 amide bonds. The Morgan fingerprint density at radius 1 is 1.10 bits per heavy atom. The fourth-order valence-electron chi connectivity index (χ4n) is 1.57. The van der Waals surface area contributed by atoms with Crippen molar-refractivity contribution in [3.05, 3.63) is 42.5 Å². The summed E-state index contributed by atoms with van der Waals surface area (Å²) in [6.45, 7) is 0. The molecule has 0 N–H and O–H groups in total. The number of rotatable bonds is 4. The average molecular weight is 285 g/mol. The maximum atomic E-state index is 4.48. The van der Waals surface area contributed by atoms with E-state index in [4.69, 9.17) is 0 Å². The fourth-order valence-corrected chi connectivity index (χ4v) is 2.37. The van der Waals surface area contributed by atoms with Gasteiger partial charge in [-0.3, -0.25) is 4.98 Å². The molecule has 3 rings (SSSR count). The first-order valence-electron chi connectivity index (χ1n) is 5.91. The summed E-state index contributed by atoms with van der Waals surface area (Å²) in [5.41, 5.74) is 1.64. The highest BCUT2D eigenvalue weighted by atomic mass is 32.2. The number of nitrogens with zero attached hydrogens (tertiary/aromatic N) is 7. The molecule has 0 aromatic carbocycles. The van der Waals surface area contributed by atoms with Crippen LogP contribution in [0.2, 0.25) is 0 Å². The standard InChI is InChI=1S/C12H11N7S/c1-19-11(16-17-18-19)8-20-12-14-7-5-10(15-12)9-4-2-3-6-13-9/h2-7H,8H2,1H3. The van der Waals surface area contributed by atoms with Crippen molar-refractivity contribution < 1.29 is 0 Å². The smallest absolute Gasteiger partial charge is 0.188 e. The third-order valence-electron chi connectivity index (χ3n) is 2.60. The van der Waals surface area contributed by atoms with Gasteiger partial charge in [0.25, 0.3) is 0 Å². The van der Waals surface area contributed by atoms with Gasteiger partial charge < -0.3 is 0 Å². The lowest BCUT2D eigenvalue weighted by molar-refractivity contribution is 0.693. The summed E-state index contributed by atoms with van der Waals surface area (Å²) in [6, 6.07) is 7.57. The van der Waals surface area contributed by atoms with Crippen molar-refractivity contribution in [1.82, 2.24) is 35.2 Å². The Kier molecular flexibility index (Phi) is 3.64. The molecule has 0 radical (unpaired) electrons. The van der Waals surface area contributed by atoms with Crippen molar-refractivity contribution in [2.24, 2.45) is 7.05 Å². The summed E-state index contributed by atoms with van der Waals surface area (Å²) in [5, 5.41) is 12.0. The van der Waals surface area contributed by atoms with Gasteiger partial charge in [-0.1, -0.05) is 17.8 Å². The van der Waals surface area contributed by atoms with Crippen LogP contribution in [0.15, 0.2) is 41.8 Å². The first-order valence-corrected chi connectivity index (χ1v) is 6.90. The fraction of sp³-hybridized carbons (Fsp3) is 0.167. The Morgan fingerprint density at radius 3 is 2.80 bits per heavy atom. The second-order valence-corrected chi connectivity index (χ2v) is 4.89. The number of pyridine rings is 1. The summed E-state index contributed by atoms with van der Waals surface area (Å²) in [5.74, 6) is 1.40. The molecule has 0 bridgehead atoms. The largest absolute Gasteiger partial charge is 0.255 e. The topological polar surface area (TPSA) is 82.3 Å². The van der Waals surface area contributed by atoms with Gasteiger partial charge in [0, 0.05) is 19.4 Å². The van der Waals surface area contributed by atoms with Gasteiger partial charge in [0.1, 0.15) is 0 Å². The zero-order valence-corrected chi connectivity index (χ0v) is 11.5. The number of hydrogen-bond donors (Lipinski definition) is 0. The number of tetrazole rings is 1. The quantitative estimate of drug-likeness (QED) is 0.528. The van der Waals surface area contributed by atoms with Crippen LogP contribution in [0.25, 0.3) is 11.4 Å². The van der Waals surface area contributed by atoms with E-state index in [1.165, 1.54) is 11.8 Å². The number of aryl methyl sites for hydroxylation is 1. The highest BCUT2D eigenvalue weighted by Crippen LogP contribution is 2.20. The van der Waals surface area contributed by atoms with Crippen LogP contribution < -0.4 is 0 Å². The van der Waals surface area contributed by atoms with E-state index in [9.17, 15) is 0 Å². The van der Waals surface area contributed by atoms with Gasteiger partial charge in [-0.15, -0.1) is 5.10 Å². The minimum absolute atomic E-state index is 0.620. The average Bonchev–Trinajstić information content (AvgIpc) is 2.92. The van der Waals surface area contributed by atoms with Gasteiger partial charge >= 0.3 is 0 Å². The lowest BCUT2D eigenvalue weighted by Crippen LogP contribution is -1.98. The molecule has 0 aliphatic rings. The molecule has 8 heteroatoms. The summed E-state index contributed by atoms with van der Waals surface area (Å²) in [4.78, 5) is 13.0. The highest BCUT2D eigenvalue weighted by molar-refractivity contribution is 7.98. The molecule has 0 saturated carbocycles. The van der Waals surface area contributed by atoms with Crippen molar-refractivity contribution in [1.29, 1.82) is 0 Å². The second-order valence-electron chi connectivity index (χ2n) is 3.95. The van der Waals surface area contributed by atoms with E-state index in [2.05, 4.69) is 30.5 Å². The normalized spacial score (nSPS) is 10.7. The Labute approximate surface area is 119 Å². The van der Waals surface area contributed by atoms with Crippen LogP contribution >= 0.6 is 11.8 Å². The molecule has 0 unspecified atom stereocenters. The van der Waals surface area contributed by atoms with Crippen molar-refractivity contribution in [3.63, 3.8) is 0 Å². The first kappa shape index (κ1) is 12.7. The van der Waals surface area contributed by atoms with Crippen molar-refractivity contribution in [2.45, 2.75) is 10.9 Å². The van der Waals surface area contributed by atoms with E-state index >= 15 is 0 Å². The maximum Gasteiger partial charge on any atom is 0.188 e. The molecule has 100 valence electrons. The molecule has 0 aliphatic carbocycles. The van der Waals surface area contributed by atoms with E-state index in [1.807, 2.05) is 24.3 Å². The summed E-state index contributed by atoms with van der Waals surface area (Å²) in [6.07, 6.45) is 3.48. The zero-order valence-electron chi connectivity index (χ0n) is 10.7. The van der Waals surface area contributed by atoms with Crippen LogP contribution in [-0.4, -0.2) is 35.2 Å². The first-order chi connectivity index (χ1) is 9.83. The molecule has 0 spiro atoms. The van der Waals surface area contributed by atoms with E-state index in [0.717, 1.165) is 17.2 Å². The van der Waals surface area contributed by atoms with Crippen molar-refractivity contribution in [3.8, 4) is 11.4 Å². The van der Waals surface area contributed by atoms with Crippen LogP contribution in [0.3, 0.4) is 0 Å². The molecular formula is C12H11N7S. The molecule has 20 heavy (non-hydrogen) atoms. The molecule has 0 aliphatic heterocycles. The van der Waals surface area contributed by atoms with Crippen LogP contribution in [-0.2, 0) is 12.8 Å². The monoisotopic (exact) mass is 285 g/mol. The molecule has 0 saturated heterocycles. The maximum absolute atomic E-state index is 4.48. The number of thioether (sulfide) groups is 1. The van der Waals surface area contributed by atoms with Crippen LogP contribution in [0.4, 0.5) is 0 Å².